The van der Waals surface area contributed by atoms with Crippen LogP contribution in [0.4, 0.5) is 0 Å². The van der Waals surface area contributed by atoms with Crippen molar-refractivity contribution in [1.82, 2.24) is 9.88 Å². The Labute approximate surface area is 155 Å². The minimum Gasteiger partial charge on any atom is -0.452 e. The van der Waals surface area contributed by atoms with E-state index in [2.05, 4.69) is 35.9 Å². The molecule has 0 bridgehead atoms. The molecule has 5 heteroatoms. The normalized spacial score (nSPS) is 10.8. The molecule has 0 radical (unpaired) electrons. The largest absolute Gasteiger partial charge is 0.452 e. The fraction of sp³-hybridized carbons (Fsp3) is 0.429. The number of amides is 1. The van der Waals surface area contributed by atoms with Crippen molar-refractivity contribution < 1.29 is 14.3 Å². The van der Waals surface area contributed by atoms with Crippen LogP contribution in [0.25, 0.3) is 0 Å². The first-order valence-corrected chi connectivity index (χ1v) is 9.03. The number of aromatic nitrogens is 1. The van der Waals surface area contributed by atoms with Crippen molar-refractivity contribution in [2.75, 3.05) is 13.2 Å². The van der Waals surface area contributed by atoms with Gasteiger partial charge in [0.2, 0.25) is 0 Å². The highest BCUT2D eigenvalue weighted by Crippen LogP contribution is 2.18. The fourth-order valence-electron chi connectivity index (χ4n) is 2.78. The molecule has 0 aliphatic rings. The topological polar surface area (TPSA) is 60.3 Å². The zero-order chi connectivity index (χ0) is 19.1. The highest BCUT2D eigenvalue weighted by molar-refractivity contribution is 5.92. The molecule has 0 aliphatic carbocycles. The Bertz CT molecular complexity index is 748. The molecule has 1 amide bonds. The Kier molecular flexibility index (Phi) is 7.01. The van der Waals surface area contributed by atoms with Gasteiger partial charge in [-0.2, -0.15) is 0 Å². The van der Waals surface area contributed by atoms with E-state index in [0.29, 0.717) is 24.6 Å². The Morgan fingerprint density at radius 1 is 1.15 bits per heavy atom. The lowest BCUT2D eigenvalue weighted by Gasteiger charge is -2.10. The number of esters is 1. The molecule has 26 heavy (non-hydrogen) atoms. The van der Waals surface area contributed by atoms with E-state index in [9.17, 15) is 9.59 Å². The van der Waals surface area contributed by atoms with Crippen LogP contribution < -0.4 is 5.32 Å². The molecular formula is C21H28N2O3. The van der Waals surface area contributed by atoms with Gasteiger partial charge in [0.05, 0.1) is 5.56 Å². The van der Waals surface area contributed by atoms with E-state index in [4.69, 9.17) is 4.74 Å². The second-order valence-corrected chi connectivity index (χ2v) is 6.97. The molecule has 2 aromatic rings. The van der Waals surface area contributed by atoms with Crippen LogP contribution in [0.1, 0.15) is 47.6 Å². The summed E-state index contributed by atoms with van der Waals surface area (Å²) in [4.78, 5) is 24.1. The smallest absolute Gasteiger partial charge is 0.340 e. The monoisotopic (exact) mass is 356 g/mol. The molecule has 1 aromatic carbocycles. The van der Waals surface area contributed by atoms with Gasteiger partial charge in [-0.1, -0.05) is 44.2 Å². The summed E-state index contributed by atoms with van der Waals surface area (Å²) < 4.78 is 7.26. The summed E-state index contributed by atoms with van der Waals surface area (Å²) in [5.74, 6) is -0.207. The third-order valence-corrected chi connectivity index (χ3v) is 4.36. The number of nitrogens with one attached hydrogen (secondary N) is 1. The van der Waals surface area contributed by atoms with E-state index < -0.39 is 5.97 Å². The van der Waals surface area contributed by atoms with Crippen LogP contribution in [-0.2, 0) is 16.1 Å². The average Bonchev–Trinajstić information content (AvgIpc) is 2.88. The first-order chi connectivity index (χ1) is 12.4. The molecule has 140 valence electrons. The lowest BCUT2D eigenvalue weighted by molar-refractivity contribution is -0.124. The van der Waals surface area contributed by atoms with Crippen molar-refractivity contribution in [2.45, 2.75) is 40.7 Å². The maximum Gasteiger partial charge on any atom is 0.340 e. The van der Waals surface area contributed by atoms with E-state index in [1.165, 1.54) is 5.56 Å². The quantitative estimate of drug-likeness (QED) is 0.737. The number of carbonyl (C=O) groups excluding carboxylic acids is 2. The van der Waals surface area contributed by atoms with E-state index in [0.717, 1.165) is 17.8 Å². The summed E-state index contributed by atoms with van der Waals surface area (Å²) in [6.07, 6.45) is 0.903. The highest BCUT2D eigenvalue weighted by atomic mass is 16.5. The molecule has 0 saturated heterocycles. The molecule has 0 saturated carbocycles. The van der Waals surface area contributed by atoms with E-state index in [1.54, 1.807) is 0 Å². The second kappa shape index (κ2) is 9.22. The Morgan fingerprint density at radius 3 is 2.50 bits per heavy atom. The number of rotatable bonds is 8. The molecule has 0 unspecified atom stereocenters. The number of hydrogen-bond donors (Lipinski definition) is 1. The second-order valence-electron chi connectivity index (χ2n) is 6.97. The van der Waals surface area contributed by atoms with Crippen LogP contribution in [-0.4, -0.2) is 29.6 Å². The van der Waals surface area contributed by atoms with Crippen LogP contribution in [0, 0.1) is 19.8 Å². The molecule has 2 rings (SSSR count). The number of aryl methyl sites for hydroxylation is 1. The van der Waals surface area contributed by atoms with Gasteiger partial charge >= 0.3 is 5.97 Å². The molecule has 0 fully saturated rings. The van der Waals surface area contributed by atoms with Crippen molar-refractivity contribution in [3.05, 3.63) is 58.9 Å². The third-order valence-electron chi connectivity index (χ3n) is 4.36. The summed E-state index contributed by atoms with van der Waals surface area (Å²) in [7, 11) is 0. The molecule has 0 aliphatic heterocycles. The van der Waals surface area contributed by atoms with E-state index >= 15 is 0 Å². The van der Waals surface area contributed by atoms with Crippen molar-refractivity contribution in [3.63, 3.8) is 0 Å². The van der Waals surface area contributed by atoms with Gasteiger partial charge < -0.3 is 14.6 Å². The Morgan fingerprint density at radius 2 is 1.85 bits per heavy atom. The molecule has 1 N–H and O–H groups in total. The molecular weight excluding hydrogens is 328 g/mol. The maximum absolute atomic E-state index is 12.4. The SMILES string of the molecule is Cc1cc(C(=O)OCC(=O)NCCC(C)C)c(C)n1Cc1ccccc1. The van der Waals surface area contributed by atoms with Gasteiger partial charge in [0, 0.05) is 24.5 Å². The summed E-state index contributed by atoms with van der Waals surface area (Å²) in [6, 6.07) is 11.9. The molecule has 0 spiro atoms. The van der Waals surface area contributed by atoms with Crippen LogP contribution in [0.5, 0.6) is 0 Å². The summed E-state index contributed by atoms with van der Waals surface area (Å²) in [5.41, 5.74) is 3.50. The van der Waals surface area contributed by atoms with Crippen LogP contribution in [0.15, 0.2) is 36.4 Å². The van der Waals surface area contributed by atoms with Gasteiger partial charge in [-0.25, -0.2) is 4.79 Å². The average molecular weight is 356 g/mol. The van der Waals surface area contributed by atoms with Gasteiger partial charge in [-0.3, -0.25) is 4.79 Å². The predicted molar refractivity (Wildman–Crippen MR) is 102 cm³/mol. The van der Waals surface area contributed by atoms with Gasteiger partial charge in [-0.15, -0.1) is 0 Å². The molecule has 5 nitrogen and oxygen atoms in total. The zero-order valence-electron chi connectivity index (χ0n) is 16.0. The third kappa shape index (κ3) is 5.48. The first-order valence-electron chi connectivity index (χ1n) is 9.03. The van der Waals surface area contributed by atoms with E-state index in [-0.39, 0.29) is 12.5 Å². The number of benzene rings is 1. The predicted octanol–water partition coefficient (Wildman–Crippen LogP) is 3.47. The minimum absolute atomic E-state index is 0.251. The fourth-order valence-corrected chi connectivity index (χ4v) is 2.78. The Balaban J connectivity index is 1.95. The summed E-state index contributed by atoms with van der Waals surface area (Å²) >= 11 is 0. The van der Waals surface area contributed by atoms with Crippen molar-refractivity contribution in [1.29, 1.82) is 0 Å². The number of nitrogens with zero attached hydrogens (tertiary/aromatic N) is 1. The lowest BCUT2D eigenvalue weighted by Crippen LogP contribution is -2.30. The minimum atomic E-state index is -0.462. The van der Waals surface area contributed by atoms with Crippen molar-refractivity contribution in [3.8, 4) is 0 Å². The zero-order valence-corrected chi connectivity index (χ0v) is 16.0. The standard InChI is InChI=1S/C21H28N2O3/c1-15(2)10-11-22-20(24)14-26-21(25)19-12-16(3)23(17(19)4)13-18-8-6-5-7-9-18/h5-9,12,15H,10-11,13-14H2,1-4H3,(H,22,24). The molecule has 1 aromatic heterocycles. The number of ether oxygens (including phenoxy) is 1. The van der Waals surface area contributed by atoms with Gasteiger partial charge in [-0.05, 0) is 37.8 Å². The van der Waals surface area contributed by atoms with Crippen LogP contribution >= 0.6 is 0 Å². The molecule has 1 heterocycles. The maximum atomic E-state index is 12.4. The van der Waals surface area contributed by atoms with Gasteiger partial charge in [0.1, 0.15) is 0 Å². The van der Waals surface area contributed by atoms with Gasteiger partial charge in [0.25, 0.3) is 5.91 Å². The van der Waals surface area contributed by atoms with Crippen molar-refractivity contribution >= 4 is 11.9 Å². The summed E-state index contributed by atoms with van der Waals surface area (Å²) in [5, 5.41) is 2.76. The summed E-state index contributed by atoms with van der Waals surface area (Å²) in [6.45, 7) is 9.09. The first kappa shape index (κ1) is 19.8. The number of carbonyl (C=O) groups is 2. The Hall–Kier alpha value is -2.56. The molecule has 0 atom stereocenters. The van der Waals surface area contributed by atoms with E-state index in [1.807, 2.05) is 38.1 Å². The van der Waals surface area contributed by atoms with Crippen LogP contribution in [0.2, 0.25) is 0 Å². The van der Waals surface area contributed by atoms with Crippen LogP contribution in [0.3, 0.4) is 0 Å². The number of hydrogen-bond acceptors (Lipinski definition) is 3. The lowest BCUT2D eigenvalue weighted by atomic mass is 10.1. The van der Waals surface area contributed by atoms with Crippen molar-refractivity contribution in [2.24, 2.45) is 5.92 Å². The highest BCUT2D eigenvalue weighted by Gasteiger charge is 2.18. The van der Waals surface area contributed by atoms with Gasteiger partial charge in [0.15, 0.2) is 6.61 Å².